The van der Waals surface area contributed by atoms with E-state index in [1.54, 1.807) is 0 Å². The quantitative estimate of drug-likeness (QED) is 0.519. The van der Waals surface area contributed by atoms with Crippen molar-refractivity contribution >= 4 is 0 Å². The van der Waals surface area contributed by atoms with Gasteiger partial charge in [0.2, 0.25) is 0 Å². The molecule has 0 amide bonds. The fourth-order valence-electron chi connectivity index (χ4n) is 0.939. The average molecular weight is 196 g/mol. The van der Waals surface area contributed by atoms with Crippen LogP contribution in [-0.2, 0) is 0 Å². The molecule has 0 radical (unpaired) electrons. The van der Waals surface area contributed by atoms with Crippen LogP contribution in [0.3, 0.4) is 0 Å². The van der Waals surface area contributed by atoms with Gasteiger partial charge in [-0.3, -0.25) is 0 Å². The summed E-state index contributed by atoms with van der Waals surface area (Å²) in [7, 11) is 0. The van der Waals surface area contributed by atoms with E-state index in [4.69, 9.17) is 0 Å². The third-order valence-electron chi connectivity index (χ3n) is 1.73. The molecular weight excluding hydrogens is 168 g/mol. The van der Waals surface area contributed by atoms with Crippen LogP contribution in [-0.4, -0.2) is 0 Å². The van der Waals surface area contributed by atoms with E-state index in [1.807, 2.05) is 0 Å². The highest BCUT2D eigenvalue weighted by molar-refractivity contribution is 4.92. The van der Waals surface area contributed by atoms with Crippen LogP contribution in [0.15, 0.2) is 24.3 Å². The molecule has 0 nitrogen and oxygen atoms in total. The van der Waals surface area contributed by atoms with Crippen molar-refractivity contribution in [3.05, 3.63) is 24.3 Å². The Kier molecular flexibility index (Phi) is 14.2. The Hall–Kier alpha value is -0.520. The van der Waals surface area contributed by atoms with Gasteiger partial charge < -0.3 is 0 Å². The third kappa shape index (κ3) is 17.5. The fourth-order valence-corrected chi connectivity index (χ4v) is 0.939. The van der Waals surface area contributed by atoms with E-state index >= 15 is 0 Å². The molecule has 0 saturated heterocycles. The van der Waals surface area contributed by atoms with Crippen molar-refractivity contribution < 1.29 is 0 Å². The van der Waals surface area contributed by atoms with Gasteiger partial charge in [-0.15, -0.1) is 6.58 Å². The fraction of sp³-hybridized carbons (Fsp3) is 0.714. The summed E-state index contributed by atoms with van der Waals surface area (Å²) in [6.45, 7) is 14.7. The van der Waals surface area contributed by atoms with Crippen molar-refractivity contribution in [2.45, 2.75) is 60.3 Å². The van der Waals surface area contributed by atoms with Crippen LogP contribution in [0, 0.1) is 5.92 Å². The molecule has 14 heavy (non-hydrogen) atoms. The number of hydrogen-bond donors (Lipinski definition) is 0. The topological polar surface area (TPSA) is 0 Å². The maximum Gasteiger partial charge on any atom is -0.0259 e. The van der Waals surface area contributed by atoms with Crippen molar-refractivity contribution in [1.29, 1.82) is 0 Å². The van der Waals surface area contributed by atoms with E-state index in [0.29, 0.717) is 5.92 Å². The van der Waals surface area contributed by atoms with E-state index in [1.165, 1.54) is 18.4 Å². The lowest BCUT2D eigenvalue weighted by Crippen LogP contribution is -1.89. The van der Waals surface area contributed by atoms with Crippen LogP contribution in [0.2, 0.25) is 0 Å². The van der Waals surface area contributed by atoms with Crippen molar-refractivity contribution in [2.24, 2.45) is 5.92 Å². The van der Waals surface area contributed by atoms with E-state index in [-0.39, 0.29) is 0 Å². The van der Waals surface area contributed by atoms with Gasteiger partial charge in [0.25, 0.3) is 0 Å². The van der Waals surface area contributed by atoms with Crippen LogP contribution in [0.1, 0.15) is 60.3 Å². The molecule has 1 atom stereocenters. The molecule has 0 fully saturated rings. The molecule has 0 spiro atoms. The highest BCUT2D eigenvalue weighted by Crippen LogP contribution is 2.11. The molecule has 0 rings (SSSR count). The summed E-state index contributed by atoms with van der Waals surface area (Å²) < 4.78 is 0. The first kappa shape index (κ1) is 15.9. The monoisotopic (exact) mass is 196 g/mol. The van der Waals surface area contributed by atoms with E-state index in [9.17, 15) is 0 Å². The molecule has 1 unspecified atom stereocenters. The Balaban J connectivity index is 0. The van der Waals surface area contributed by atoms with Crippen LogP contribution >= 0.6 is 0 Å². The predicted octanol–water partition coefficient (Wildman–Crippen LogP) is 5.36. The molecule has 0 heterocycles. The second kappa shape index (κ2) is 12.5. The van der Waals surface area contributed by atoms with Crippen LogP contribution in [0.5, 0.6) is 0 Å². The molecular formula is C14H28. The van der Waals surface area contributed by atoms with Crippen LogP contribution in [0.4, 0.5) is 0 Å². The second-order valence-corrected chi connectivity index (χ2v) is 4.02. The summed E-state index contributed by atoms with van der Waals surface area (Å²) in [6, 6.07) is 0. The lowest BCUT2D eigenvalue weighted by Gasteiger charge is -2.04. The van der Waals surface area contributed by atoms with Crippen molar-refractivity contribution in [2.75, 3.05) is 0 Å². The maximum absolute atomic E-state index is 3.88. The van der Waals surface area contributed by atoms with Gasteiger partial charge in [-0.1, -0.05) is 51.8 Å². The van der Waals surface area contributed by atoms with E-state index in [2.05, 4.69) is 53.3 Å². The van der Waals surface area contributed by atoms with Crippen LogP contribution in [0.25, 0.3) is 0 Å². The summed E-state index contributed by atoms with van der Waals surface area (Å²) >= 11 is 0. The van der Waals surface area contributed by atoms with Crippen LogP contribution < -0.4 is 0 Å². The van der Waals surface area contributed by atoms with Gasteiger partial charge in [0.05, 0.1) is 0 Å². The molecule has 0 bridgehead atoms. The SMILES string of the molecule is C=C(C)CCC(C)/C=C\CC.CCC. The summed E-state index contributed by atoms with van der Waals surface area (Å²) in [5.74, 6) is 0.714. The summed E-state index contributed by atoms with van der Waals surface area (Å²) in [4.78, 5) is 0. The highest BCUT2D eigenvalue weighted by Gasteiger charge is 1.95. The van der Waals surface area contributed by atoms with E-state index in [0.717, 1.165) is 12.8 Å². The van der Waals surface area contributed by atoms with Gasteiger partial charge in [0.15, 0.2) is 0 Å². The second-order valence-electron chi connectivity index (χ2n) is 4.02. The van der Waals surface area contributed by atoms with Gasteiger partial charge in [-0.05, 0) is 32.1 Å². The zero-order chi connectivity index (χ0) is 11.4. The summed E-state index contributed by atoms with van der Waals surface area (Å²) in [5, 5.41) is 0. The Morgan fingerprint density at radius 3 is 2.14 bits per heavy atom. The molecule has 0 N–H and O–H groups in total. The lowest BCUT2D eigenvalue weighted by molar-refractivity contribution is 0.643. The maximum atomic E-state index is 3.88. The molecule has 0 aliphatic heterocycles. The summed E-state index contributed by atoms with van der Waals surface area (Å²) in [6.07, 6.45) is 9.34. The third-order valence-corrected chi connectivity index (χ3v) is 1.73. The first-order chi connectivity index (χ1) is 6.58. The first-order valence-electron chi connectivity index (χ1n) is 5.89. The normalized spacial score (nSPS) is 12.1. The standard InChI is InChI=1S/C11H20.C3H8/c1-5-6-7-11(4)9-8-10(2)3;1-3-2/h6-7,11H,2,5,8-9H2,1,3-4H3;3H2,1-2H3/b7-6-;. The molecule has 0 aromatic carbocycles. The van der Waals surface area contributed by atoms with E-state index < -0.39 is 0 Å². The molecule has 0 aliphatic rings. The minimum Gasteiger partial charge on any atom is -0.100 e. The lowest BCUT2D eigenvalue weighted by atomic mass is 10.0. The molecule has 0 heteroatoms. The number of allylic oxidation sites excluding steroid dienone is 3. The molecule has 84 valence electrons. The van der Waals surface area contributed by atoms with Gasteiger partial charge in [-0.25, -0.2) is 0 Å². The Morgan fingerprint density at radius 2 is 1.79 bits per heavy atom. The zero-order valence-electron chi connectivity index (χ0n) is 10.8. The van der Waals surface area contributed by atoms with Crippen molar-refractivity contribution in [3.8, 4) is 0 Å². The van der Waals surface area contributed by atoms with Gasteiger partial charge >= 0.3 is 0 Å². The smallest absolute Gasteiger partial charge is 0.0259 e. The minimum absolute atomic E-state index is 0.714. The molecule has 0 aromatic heterocycles. The minimum atomic E-state index is 0.714. The van der Waals surface area contributed by atoms with Gasteiger partial charge in [0.1, 0.15) is 0 Å². The number of rotatable bonds is 5. The van der Waals surface area contributed by atoms with Gasteiger partial charge in [0, 0.05) is 0 Å². The van der Waals surface area contributed by atoms with Gasteiger partial charge in [-0.2, -0.15) is 0 Å². The summed E-state index contributed by atoms with van der Waals surface area (Å²) in [5.41, 5.74) is 1.29. The first-order valence-corrected chi connectivity index (χ1v) is 5.89. The zero-order valence-corrected chi connectivity index (χ0v) is 10.8. The molecule has 0 saturated carbocycles. The Labute approximate surface area is 91.1 Å². The Morgan fingerprint density at radius 1 is 1.29 bits per heavy atom. The highest BCUT2D eigenvalue weighted by atomic mass is 14.0. The predicted molar refractivity (Wildman–Crippen MR) is 68.6 cm³/mol. The largest absolute Gasteiger partial charge is 0.100 e. The number of hydrogen-bond acceptors (Lipinski definition) is 0. The Bertz CT molecular complexity index is 142. The van der Waals surface area contributed by atoms with Crippen molar-refractivity contribution in [1.82, 2.24) is 0 Å². The average Bonchev–Trinajstić information content (AvgIpc) is 2.12. The molecule has 0 aromatic rings. The molecule has 0 aliphatic carbocycles. The van der Waals surface area contributed by atoms with Crippen molar-refractivity contribution in [3.63, 3.8) is 0 Å².